The van der Waals surface area contributed by atoms with Crippen molar-refractivity contribution >= 4 is 29.6 Å². The maximum Gasteiger partial charge on any atom is 0.264 e. The van der Waals surface area contributed by atoms with Crippen molar-refractivity contribution in [2.75, 3.05) is 45.2 Å². The summed E-state index contributed by atoms with van der Waals surface area (Å²) < 4.78 is 30.8. The van der Waals surface area contributed by atoms with Crippen molar-refractivity contribution in [3.05, 3.63) is 46.3 Å². The molecule has 2 aromatic rings. The molecule has 220 valence electrons. The second kappa shape index (κ2) is 15.0. The maximum absolute atomic E-state index is 14.3. The Hall–Kier alpha value is -3.11. The third kappa shape index (κ3) is 6.78. The number of nitrogens with one attached hydrogen (secondary N) is 1. The van der Waals surface area contributed by atoms with E-state index in [-0.39, 0.29) is 5.56 Å². The zero-order valence-corrected chi connectivity index (χ0v) is 24.6. The number of carbonyl (C=O) groups excluding carboxylic acids is 1. The zero-order valence-electron chi connectivity index (χ0n) is 24.6. The summed E-state index contributed by atoms with van der Waals surface area (Å²) in [4.78, 5) is 17.3. The fraction of sp³-hybridized carbons (Fsp3) is 0.567. The van der Waals surface area contributed by atoms with E-state index < -0.39 is 6.43 Å². The molecule has 0 amide bonds. The predicted octanol–water partition coefficient (Wildman–Crippen LogP) is 5.05. The quantitative estimate of drug-likeness (QED) is 0.395. The standard InChI is InChI=1S/C26H35F2N7.C2H4O.C2H6/c1-30-15-18(14-29)20-12-17-4-3-10-34(24(17)13-21(20)25(27)28)26-22-16-33(2)11-7-23(22)35(32-26)19-5-8-31-9-6-19;1-2-3;1-2/h12-15,19,25,31H,3-11,16,29H2,1-2H3;2H,1H3;1-2H3/b18-14+,30-15?;;. The SMILES string of the molecule is CC.CC=O.CN=C/C(=C\N)c1cc2c(cc1C(F)F)N(c1nn(C3CCNCC3)c3c1CN(C)CC3)CCC2. The number of aldehydes is 1. The number of rotatable bonds is 5. The number of anilines is 2. The largest absolute Gasteiger partial charge is 0.404 e. The highest BCUT2D eigenvalue weighted by molar-refractivity contribution is 6.10. The minimum absolute atomic E-state index is 0.0176. The van der Waals surface area contributed by atoms with E-state index in [1.807, 2.05) is 19.9 Å². The van der Waals surface area contributed by atoms with Crippen molar-refractivity contribution in [1.82, 2.24) is 20.0 Å². The third-order valence-electron chi connectivity index (χ3n) is 7.53. The molecule has 0 spiro atoms. The molecule has 0 bridgehead atoms. The van der Waals surface area contributed by atoms with Gasteiger partial charge in [-0.25, -0.2) is 8.78 Å². The molecule has 5 rings (SSSR count). The van der Waals surface area contributed by atoms with E-state index in [4.69, 9.17) is 15.6 Å². The van der Waals surface area contributed by atoms with Gasteiger partial charge in [0.15, 0.2) is 5.82 Å². The molecule has 1 saturated heterocycles. The second-order valence-electron chi connectivity index (χ2n) is 10.0. The van der Waals surface area contributed by atoms with Gasteiger partial charge in [0.2, 0.25) is 0 Å². The van der Waals surface area contributed by atoms with E-state index in [9.17, 15) is 8.78 Å². The second-order valence-corrected chi connectivity index (χ2v) is 10.0. The summed E-state index contributed by atoms with van der Waals surface area (Å²) in [5.41, 5.74) is 11.2. The number of carbonyl (C=O) groups is 1. The van der Waals surface area contributed by atoms with Crippen molar-refractivity contribution in [2.45, 2.75) is 71.9 Å². The van der Waals surface area contributed by atoms with E-state index >= 15 is 0 Å². The van der Waals surface area contributed by atoms with E-state index in [1.165, 1.54) is 24.4 Å². The highest BCUT2D eigenvalue weighted by Gasteiger charge is 2.32. The van der Waals surface area contributed by atoms with E-state index in [0.29, 0.717) is 17.2 Å². The molecule has 0 radical (unpaired) electrons. The Labute approximate surface area is 237 Å². The maximum atomic E-state index is 14.3. The Kier molecular flexibility index (Phi) is 11.8. The number of alkyl halides is 2. The Morgan fingerprint density at radius 1 is 1.20 bits per heavy atom. The Balaban J connectivity index is 0.000000827. The molecule has 0 unspecified atom stereocenters. The summed E-state index contributed by atoms with van der Waals surface area (Å²) in [5.74, 6) is 0.934. The summed E-state index contributed by atoms with van der Waals surface area (Å²) >= 11 is 0. The first-order valence-corrected chi connectivity index (χ1v) is 14.4. The van der Waals surface area contributed by atoms with Gasteiger partial charge in [0.1, 0.15) is 6.29 Å². The number of hydrogen-bond acceptors (Lipinski definition) is 7. The number of fused-ring (bicyclic) bond motifs is 2. The lowest BCUT2D eigenvalue weighted by molar-refractivity contribution is -0.106. The molecule has 0 atom stereocenters. The van der Waals surface area contributed by atoms with Crippen LogP contribution >= 0.6 is 0 Å². The molecule has 40 heavy (non-hydrogen) atoms. The highest BCUT2D eigenvalue weighted by Crippen LogP contribution is 2.42. The molecule has 1 fully saturated rings. The number of nitrogens with two attached hydrogens (primary N) is 1. The Morgan fingerprint density at radius 3 is 2.52 bits per heavy atom. The lowest BCUT2D eigenvalue weighted by atomic mass is 9.92. The number of allylic oxidation sites excluding steroid dienone is 1. The topological polar surface area (TPSA) is 91.8 Å². The normalized spacial score (nSPS) is 18.0. The molecule has 4 heterocycles. The van der Waals surface area contributed by atoms with Gasteiger partial charge in [-0.15, -0.1) is 0 Å². The number of halogens is 2. The van der Waals surface area contributed by atoms with Gasteiger partial charge in [-0.1, -0.05) is 13.8 Å². The van der Waals surface area contributed by atoms with E-state index in [2.05, 4.69) is 31.8 Å². The minimum Gasteiger partial charge on any atom is -0.404 e. The molecule has 0 saturated carbocycles. The molecule has 10 heteroatoms. The monoisotopic (exact) mass is 557 g/mol. The van der Waals surface area contributed by atoms with Crippen LogP contribution in [0.5, 0.6) is 0 Å². The van der Waals surface area contributed by atoms with Crippen LogP contribution in [-0.2, 0) is 24.2 Å². The van der Waals surface area contributed by atoms with Gasteiger partial charge in [0.05, 0.1) is 6.04 Å². The molecular weight excluding hydrogens is 512 g/mol. The average Bonchev–Trinajstić information content (AvgIpc) is 3.35. The van der Waals surface area contributed by atoms with Crippen molar-refractivity contribution in [3.63, 3.8) is 0 Å². The predicted molar refractivity (Wildman–Crippen MR) is 160 cm³/mol. The fourth-order valence-electron chi connectivity index (χ4n) is 5.77. The first-order chi connectivity index (χ1) is 19.4. The fourth-order valence-corrected chi connectivity index (χ4v) is 5.77. The smallest absolute Gasteiger partial charge is 0.264 e. The van der Waals surface area contributed by atoms with Gasteiger partial charge in [-0.3, -0.25) is 9.67 Å². The van der Waals surface area contributed by atoms with Crippen molar-refractivity contribution in [2.24, 2.45) is 10.7 Å². The van der Waals surface area contributed by atoms with Crippen LogP contribution in [0.2, 0.25) is 0 Å². The van der Waals surface area contributed by atoms with Gasteiger partial charge < -0.3 is 25.6 Å². The first-order valence-electron chi connectivity index (χ1n) is 14.4. The summed E-state index contributed by atoms with van der Waals surface area (Å²) in [7, 11) is 3.75. The van der Waals surface area contributed by atoms with Crippen LogP contribution in [0.15, 0.2) is 23.3 Å². The lowest BCUT2D eigenvalue weighted by Crippen LogP contribution is -2.32. The molecule has 3 N–H and O–H groups in total. The van der Waals surface area contributed by atoms with Gasteiger partial charge >= 0.3 is 0 Å². The molecule has 3 aliphatic heterocycles. The number of benzene rings is 1. The summed E-state index contributed by atoms with van der Waals surface area (Å²) in [6, 6.07) is 3.92. The molecule has 1 aromatic heterocycles. The van der Waals surface area contributed by atoms with Crippen LogP contribution < -0.4 is 16.0 Å². The Bertz CT molecular complexity index is 1190. The van der Waals surface area contributed by atoms with Gasteiger partial charge in [-0.2, -0.15) is 5.10 Å². The van der Waals surface area contributed by atoms with Crippen LogP contribution in [0, 0.1) is 0 Å². The molecule has 8 nitrogen and oxygen atoms in total. The van der Waals surface area contributed by atoms with Crippen molar-refractivity contribution in [3.8, 4) is 0 Å². The number of aliphatic imine (C=N–C) groups is 1. The molecule has 0 aliphatic carbocycles. The number of aryl methyl sites for hydroxylation is 1. The number of likely N-dealkylation sites (N-methyl/N-ethyl adjacent to an activating group) is 1. The lowest BCUT2D eigenvalue weighted by Gasteiger charge is -2.33. The zero-order chi connectivity index (χ0) is 29.2. The summed E-state index contributed by atoms with van der Waals surface area (Å²) in [6.07, 6.45) is 5.89. The van der Waals surface area contributed by atoms with Gasteiger partial charge in [-0.05, 0) is 76.0 Å². The van der Waals surface area contributed by atoms with Crippen LogP contribution in [0.4, 0.5) is 20.3 Å². The van der Waals surface area contributed by atoms with E-state index in [0.717, 1.165) is 88.2 Å². The molecular formula is C30H45F2N7O. The van der Waals surface area contributed by atoms with E-state index in [1.54, 1.807) is 19.3 Å². The van der Waals surface area contributed by atoms with Crippen LogP contribution in [-0.4, -0.2) is 67.5 Å². The number of piperidine rings is 1. The van der Waals surface area contributed by atoms with Gasteiger partial charge in [0, 0.05) is 73.6 Å². The minimum atomic E-state index is -2.62. The van der Waals surface area contributed by atoms with Crippen LogP contribution in [0.25, 0.3) is 5.57 Å². The average molecular weight is 558 g/mol. The van der Waals surface area contributed by atoms with Crippen molar-refractivity contribution in [1.29, 1.82) is 0 Å². The summed E-state index contributed by atoms with van der Waals surface area (Å²) in [5, 5.41) is 8.64. The summed E-state index contributed by atoms with van der Waals surface area (Å²) in [6.45, 7) is 10.0. The van der Waals surface area contributed by atoms with Crippen LogP contribution in [0.3, 0.4) is 0 Å². The van der Waals surface area contributed by atoms with Crippen LogP contribution in [0.1, 0.15) is 80.4 Å². The third-order valence-corrected chi connectivity index (χ3v) is 7.53. The Morgan fingerprint density at radius 2 is 1.90 bits per heavy atom. The first kappa shape index (κ1) is 31.4. The number of hydrogen-bond donors (Lipinski definition) is 2. The molecule has 3 aliphatic rings. The van der Waals surface area contributed by atoms with Crippen molar-refractivity contribution < 1.29 is 13.6 Å². The van der Waals surface area contributed by atoms with Gasteiger partial charge in [0.25, 0.3) is 6.43 Å². The molecule has 1 aromatic carbocycles. The number of nitrogens with zero attached hydrogens (tertiary/aromatic N) is 5. The number of aromatic nitrogens is 2. The highest BCUT2D eigenvalue weighted by atomic mass is 19.3.